The van der Waals surface area contributed by atoms with Crippen LogP contribution in [0, 0.1) is 5.92 Å². The molecule has 4 heteroatoms. The van der Waals surface area contributed by atoms with Gasteiger partial charge in [0.05, 0.1) is 0 Å². The van der Waals surface area contributed by atoms with Gasteiger partial charge in [-0.15, -0.1) is 0 Å². The van der Waals surface area contributed by atoms with Crippen molar-refractivity contribution in [2.45, 2.75) is 96.5 Å². The molecule has 1 aromatic rings. The van der Waals surface area contributed by atoms with Crippen molar-refractivity contribution in [3.05, 3.63) is 34.9 Å². The molecule has 29 heavy (non-hydrogen) atoms. The van der Waals surface area contributed by atoms with E-state index in [4.69, 9.17) is 10.5 Å². The number of rotatable bonds is 7. The SMILES string of the molecule is CCCCCCC(C)(C)c1cc(O)c2c(c1)OC(C)(C)[C@@H]1CC=C(C(N)=O)C[C@@H]21. The Bertz CT molecular complexity index is 807. The first-order valence-electron chi connectivity index (χ1n) is 11.1. The fourth-order valence-electron chi connectivity index (χ4n) is 5.13. The number of benzene rings is 1. The minimum absolute atomic E-state index is 0.0323. The monoisotopic (exact) mass is 399 g/mol. The Balaban J connectivity index is 1.95. The minimum Gasteiger partial charge on any atom is -0.508 e. The summed E-state index contributed by atoms with van der Waals surface area (Å²) in [6, 6.07) is 4.04. The largest absolute Gasteiger partial charge is 0.508 e. The number of primary amides is 1. The second-order valence-corrected chi connectivity index (χ2v) is 10.1. The Kier molecular flexibility index (Phi) is 6.03. The molecule has 3 rings (SSSR count). The number of amides is 1. The lowest BCUT2D eigenvalue weighted by molar-refractivity contribution is -0.115. The van der Waals surface area contributed by atoms with Gasteiger partial charge in [-0.3, -0.25) is 4.79 Å². The van der Waals surface area contributed by atoms with Crippen molar-refractivity contribution in [2.24, 2.45) is 11.7 Å². The number of allylic oxidation sites excluding steroid dienone is 1. The number of unbranched alkanes of at least 4 members (excludes halogenated alkanes) is 3. The molecular weight excluding hydrogens is 362 g/mol. The Morgan fingerprint density at radius 3 is 2.66 bits per heavy atom. The fraction of sp³-hybridized carbons (Fsp3) is 0.640. The summed E-state index contributed by atoms with van der Waals surface area (Å²) in [6.45, 7) is 10.9. The Labute approximate surface area is 175 Å². The van der Waals surface area contributed by atoms with Gasteiger partial charge in [0.25, 0.3) is 0 Å². The maximum Gasteiger partial charge on any atom is 0.244 e. The van der Waals surface area contributed by atoms with E-state index in [-0.39, 0.29) is 34.5 Å². The van der Waals surface area contributed by atoms with E-state index in [2.05, 4.69) is 40.7 Å². The van der Waals surface area contributed by atoms with Crippen LogP contribution >= 0.6 is 0 Å². The van der Waals surface area contributed by atoms with Gasteiger partial charge < -0.3 is 15.6 Å². The molecule has 2 aliphatic rings. The molecule has 1 amide bonds. The van der Waals surface area contributed by atoms with Crippen molar-refractivity contribution in [2.75, 3.05) is 0 Å². The van der Waals surface area contributed by atoms with Crippen LogP contribution in [0.4, 0.5) is 0 Å². The van der Waals surface area contributed by atoms with Crippen LogP contribution < -0.4 is 10.5 Å². The third-order valence-corrected chi connectivity index (χ3v) is 7.05. The van der Waals surface area contributed by atoms with Crippen LogP contribution in [0.5, 0.6) is 11.5 Å². The van der Waals surface area contributed by atoms with Crippen LogP contribution in [-0.4, -0.2) is 16.6 Å². The van der Waals surface area contributed by atoms with Gasteiger partial charge >= 0.3 is 0 Å². The molecule has 0 unspecified atom stereocenters. The molecule has 0 saturated carbocycles. The van der Waals surface area contributed by atoms with Crippen LogP contribution in [-0.2, 0) is 10.2 Å². The van der Waals surface area contributed by atoms with Gasteiger partial charge in [-0.2, -0.15) is 0 Å². The Morgan fingerprint density at radius 2 is 2.00 bits per heavy atom. The van der Waals surface area contributed by atoms with E-state index in [9.17, 15) is 9.90 Å². The lowest BCUT2D eigenvalue weighted by atomic mass is 9.66. The van der Waals surface area contributed by atoms with Gasteiger partial charge in [-0.1, -0.05) is 52.5 Å². The molecule has 160 valence electrons. The molecule has 0 saturated heterocycles. The fourth-order valence-corrected chi connectivity index (χ4v) is 5.13. The first-order chi connectivity index (χ1) is 13.6. The van der Waals surface area contributed by atoms with Crippen LogP contribution in [0.15, 0.2) is 23.8 Å². The van der Waals surface area contributed by atoms with Gasteiger partial charge in [0.15, 0.2) is 0 Å². The van der Waals surface area contributed by atoms with Crippen LogP contribution in [0.25, 0.3) is 0 Å². The molecule has 1 aromatic carbocycles. The molecule has 1 heterocycles. The van der Waals surface area contributed by atoms with Crippen LogP contribution in [0.2, 0.25) is 0 Å². The second kappa shape index (κ2) is 8.04. The molecule has 0 bridgehead atoms. The van der Waals surface area contributed by atoms with Crippen molar-refractivity contribution in [1.82, 2.24) is 0 Å². The summed E-state index contributed by atoms with van der Waals surface area (Å²) in [5.74, 6) is 0.937. The maximum absolute atomic E-state index is 11.8. The van der Waals surface area contributed by atoms with E-state index in [0.29, 0.717) is 12.0 Å². The predicted molar refractivity (Wildman–Crippen MR) is 117 cm³/mol. The number of carbonyl (C=O) groups is 1. The van der Waals surface area contributed by atoms with Gasteiger partial charge in [0.1, 0.15) is 17.1 Å². The molecule has 3 N–H and O–H groups in total. The average Bonchev–Trinajstić information content (AvgIpc) is 2.64. The Hall–Kier alpha value is -1.97. The summed E-state index contributed by atoms with van der Waals surface area (Å²) in [6.07, 6.45) is 9.25. The number of phenols is 1. The second-order valence-electron chi connectivity index (χ2n) is 10.1. The molecule has 2 atom stereocenters. The summed E-state index contributed by atoms with van der Waals surface area (Å²) in [5, 5.41) is 11.0. The van der Waals surface area contributed by atoms with Crippen molar-refractivity contribution in [1.29, 1.82) is 0 Å². The topological polar surface area (TPSA) is 72.6 Å². The maximum atomic E-state index is 11.8. The molecule has 1 aliphatic heterocycles. The molecule has 0 radical (unpaired) electrons. The highest BCUT2D eigenvalue weighted by Crippen LogP contribution is 2.55. The zero-order valence-electron chi connectivity index (χ0n) is 18.7. The normalized spacial score (nSPS) is 22.9. The summed E-state index contributed by atoms with van der Waals surface area (Å²) in [7, 11) is 0. The van der Waals surface area contributed by atoms with Crippen molar-refractivity contribution >= 4 is 5.91 Å². The molecule has 0 fully saturated rings. The number of carbonyl (C=O) groups excluding carboxylic acids is 1. The van der Waals surface area contributed by atoms with E-state index in [0.717, 1.165) is 29.7 Å². The predicted octanol–water partition coefficient (Wildman–Crippen LogP) is 5.72. The average molecular weight is 400 g/mol. The number of nitrogens with two attached hydrogens (primary N) is 1. The smallest absolute Gasteiger partial charge is 0.244 e. The summed E-state index contributed by atoms with van der Waals surface area (Å²) in [4.78, 5) is 11.8. The quantitative estimate of drug-likeness (QED) is 0.576. The highest BCUT2D eigenvalue weighted by Gasteiger charge is 2.46. The van der Waals surface area contributed by atoms with Crippen LogP contribution in [0.3, 0.4) is 0 Å². The highest BCUT2D eigenvalue weighted by molar-refractivity contribution is 5.92. The number of phenolic OH excluding ortho intramolecular Hbond substituents is 1. The van der Waals surface area contributed by atoms with Gasteiger partial charge in [0, 0.05) is 23.0 Å². The van der Waals surface area contributed by atoms with E-state index in [1.165, 1.54) is 25.7 Å². The van der Waals surface area contributed by atoms with E-state index < -0.39 is 0 Å². The zero-order chi connectivity index (χ0) is 21.4. The van der Waals surface area contributed by atoms with Crippen molar-refractivity contribution in [3.63, 3.8) is 0 Å². The van der Waals surface area contributed by atoms with E-state index in [1.54, 1.807) is 0 Å². The van der Waals surface area contributed by atoms with Crippen molar-refractivity contribution in [3.8, 4) is 11.5 Å². The number of aromatic hydroxyl groups is 1. The summed E-state index contributed by atoms with van der Waals surface area (Å²) >= 11 is 0. The molecular formula is C25H37NO3. The lowest BCUT2D eigenvalue weighted by Gasteiger charge is -2.47. The summed E-state index contributed by atoms with van der Waals surface area (Å²) < 4.78 is 6.44. The number of fused-ring (bicyclic) bond motifs is 3. The minimum atomic E-state index is -0.367. The first kappa shape index (κ1) is 21.7. The van der Waals surface area contributed by atoms with Crippen molar-refractivity contribution < 1.29 is 14.6 Å². The zero-order valence-corrected chi connectivity index (χ0v) is 18.7. The van der Waals surface area contributed by atoms with Gasteiger partial charge in [0.2, 0.25) is 5.91 Å². The highest BCUT2D eigenvalue weighted by atomic mass is 16.5. The Morgan fingerprint density at radius 1 is 1.28 bits per heavy atom. The lowest BCUT2D eigenvalue weighted by Crippen LogP contribution is -2.46. The standard InChI is InChI=1S/C25H37NO3/c1-6-7-8-9-12-24(2,3)17-14-20(27)22-18-13-16(23(26)28)10-11-19(18)25(4,5)29-21(22)15-17/h10,14-15,18-19,27H,6-9,11-13H2,1-5H3,(H2,26,28)/t18-,19-/m1/s1. The van der Waals surface area contributed by atoms with E-state index >= 15 is 0 Å². The number of ether oxygens (including phenoxy) is 1. The van der Waals surface area contributed by atoms with Crippen LogP contribution in [0.1, 0.15) is 96.6 Å². The summed E-state index contributed by atoms with van der Waals surface area (Å²) in [5.41, 5.74) is 7.78. The molecule has 0 aromatic heterocycles. The third-order valence-electron chi connectivity index (χ3n) is 7.05. The molecule has 1 aliphatic carbocycles. The van der Waals surface area contributed by atoms with Gasteiger partial charge in [-0.25, -0.2) is 0 Å². The molecule has 0 spiro atoms. The first-order valence-corrected chi connectivity index (χ1v) is 11.1. The van der Waals surface area contributed by atoms with E-state index in [1.807, 2.05) is 12.1 Å². The number of hydrogen-bond acceptors (Lipinski definition) is 3. The number of hydrogen-bond donors (Lipinski definition) is 2. The third kappa shape index (κ3) is 4.31. The van der Waals surface area contributed by atoms with Gasteiger partial charge in [-0.05, 0) is 56.2 Å². The molecule has 4 nitrogen and oxygen atoms in total.